The van der Waals surface area contributed by atoms with Crippen molar-refractivity contribution in [2.24, 2.45) is 16.7 Å². The molecule has 1 saturated heterocycles. The number of fused-ring (bicyclic) bond motifs is 1. The highest BCUT2D eigenvalue weighted by molar-refractivity contribution is 5.90. The molecule has 0 aromatic carbocycles. The Hall–Kier alpha value is -0.450. The van der Waals surface area contributed by atoms with E-state index in [9.17, 15) is 15.0 Å². The summed E-state index contributed by atoms with van der Waals surface area (Å²) < 4.78 is 5.52. The van der Waals surface area contributed by atoms with Crippen molar-refractivity contribution < 1.29 is 19.7 Å². The van der Waals surface area contributed by atoms with E-state index in [0.717, 1.165) is 19.3 Å². The molecule has 6 atom stereocenters. The van der Waals surface area contributed by atoms with Gasteiger partial charge in [0.15, 0.2) is 5.78 Å². The van der Waals surface area contributed by atoms with Crippen LogP contribution in [0.1, 0.15) is 80.1 Å². The van der Waals surface area contributed by atoms with E-state index in [0.29, 0.717) is 12.8 Å². The van der Waals surface area contributed by atoms with Crippen LogP contribution >= 0.6 is 0 Å². The molecule has 1 heterocycles. The van der Waals surface area contributed by atoms with E-state index in [-0.39, 0.29) is 29.6 Å². The Bertz CT molecular complexity index is 554. The van der Waals surface area contributed by atoms with Crippen molar-refractivity contribution in [2.75, 3.05) is 0 Å². The van der Waals surface area contributed by atoms with Gasteiger partial charge in [0.25, 0.3) is 0 Å². The number of hydrogen-bond donors (Lipinski definition) is 2. The van der Waals surface area contributed by atoms with Crippen molar-refractivity contribution >= 4 is 5.78 Å². The summed E-state index contributed by atoms with van der Waals surface area (Å²) in [5, 5.41) is 22.8. The Labute approximate surface area is 146 Å². The van der Waals surface area contributed by atoms with Gasteiger partial charge in [-0.3, -0.25) is 4.79 Å². The third kappa shape index (κ3) is 2.25. The number of ketones is 1. The lowest BCUT2D eigenvalue weighted by molar-refractivity contribution is -0.265. The molecule has 3 aliphatic rings. The number of aliphatic hydroxyl groups is 2. The molecule has 0 amide bonds. The van der Waals surface area contributed by atoms with Crippen molar-refractivity contribution in [1.29, 1.82) is 0 Å². The lowest BCUT2D eigenvalue weighted by Gasteiger charge is -2.66. The molecule has 0 radical (unpaired) electrons. The van der Waals surface area contributed by atoms with Crippen LogP contribution < -0.4 is 0 Å². The van der Waals surface area contributed by atoms with E-state index in [4.69, 9.17) is 4.74 Å². The van der Waals surface area contributed by atoms with Crippen LogP contribution in [0.4, 0.5) is 0 Å². The van der Waals surface area contributed by atoms with Gasteiger partial charge < -0.3 is 14.9 Å². The summed E-state index contributed by atoms with van der Waals surface area (Å²) in [6, 6.07) is 0. The maximum atomic E-state index is 12.9. The first-order valence-electron chi connectivity index (χ1n) is 9.46. The molecule has 4 nitrogen and oxygen atoms in total. The zero-order valence-corrected chi connectivity index (χ0v) is 16.1. The topological polar surface area (TPSA) is 70.1 Å². The van der Waals surface area contributed by atoms with Gasteiger partial charge >= 0.3 is 0 Å². The van der Waals surface area contributed by atoms with Gasteiger partial charge in [0.05, 0.1) is 17.3 Å². The fourth-order valence-corrected chi connectivity index (χ4v) is 5.92. The molecule has 2 N–H and O–H groups in total. The minimum atomic E-state index is -0.932. The molecule has 0 bridgehead atoms. The molecule has 24 heavy (non-hydrogen) atoms. The Morgan fingerprint density at radius 1 is 1.04 bits per heavy atom. The highest BCUT2D eigenvalue weighted by Crippen LogP contribution is 2.65. The van der Waals surface area contributed by atoms with Crippen molar-refractivity contribution in [3.8, 4) is 0 Å². The molecule has 0 aromatic heterocycles. The van der Waals surface area contributed by atoms with Crippen molar-refractivity contribution in [1.82, 2.24) is 0 Å². The lowest BCUT2D eigenvalue weighted by Crippen LogP contribution is -2.69. The first-order chi connectivity index (χ1) is 10.8. The number of epoxide rings is 1. The van der Waals surface area contributed by atoms with E-state index in [1.807, 2.05) is 20.8 Å². The monoisotopic (exact) mass is 338 g/mol. The highest BCUT2D eigenvalue weighted by Gasteiger charge is 2.67. The zero-order chi connectivity index (χ0) is 18.2. The minimum absolute atomic E-state index is 0.0481. The molecule has 2 saturated carbocycles. The van der Waals surface area contributed by atoms with Crippen LogP contribution in [0.15, 0.2) is 0 Å². The van der Waals surface area contributed by atoms with Crippen LogP contribution in [-0.4, -0.2) is 38.9 Å². The van der Waals surface area contributed by atoms with Crippen molar-refractivity contribution in [2.45, 2.75) is 103 Å². The van der Waals surface area contributed by atoms with Crippen LogP contribution in [0, 0.1) is 16.7 Å². The van der Waals surface area contributed by atoms with Gasteiger partial charge in [-0.1, -0.05) is 27.2 Å². The van der Waals surface area contributed by atoms with Gasteiger partial charge in [0.2, 0.25) is 0 Å². The van der Waals surface area contributed by atoms with Gasteiger partial charge in [-0.15, -0.1) is 0 Å². The van der Waals surface area contributed by atoms with E-state index >= 15 is 0 Å². The average molecular weight is 338 g/mol. The van der Waals surface area contributed by atoms with Crippen LogP contribution in [-0.2, 0) is 9.53 Å². The van der Waals surface area contributed by atoms with Gasteiger partial charge in [0, 0.05) is 17.8 Å². The molecular weight excluding hydrogens is 304 g/mol. The molecule has 0 aromatic rings. The second-order valence-corrected chi connectivity index (χ2v) is 9.92. The second kappa shape index (κ2) is 5.05. The normalized spacial score (nSPS) is 53.3. The standard InChI is InChI=1S/C20H34O4/c1-13-19(6,24-13)15(21)12-14-17(4)9-7-8-16(2,3)20(17,23)11-10-18(14,5)22/h13-14,22-23H,7-12H2,1-6H3/t13-,14+,17+,18+,19+,20+/m0/s1. The third-order valence-electron chi connectivity index (χ3n) is 8.16. The summed E-state index contributed by atoms with van der Waals surface area (Å²) in [5.41, 5.74) is -3.14. The predicted molar refractivity (Wildman–Crippen MR) is 92.6 cm³/mol. The summed E-state index contributed by atoms with van der Waals surface area (Å²) in [6.07, 6.45) is 4.23. The smallest absolute Gasteiger partial charge is 0.167 e. The minimum Gasteiger partial charge on any atom is -0.390 e. The van der Waals surface area contributed by atoms with E-state index in [1.54, 1.807) is 0 Å². The molecule has 2 aliphatic carbocycles. The summed E-state index contributed by atoms with van der Waals surface area (Å²) in [6.45, 7) is 12.0. The lowest BCUT2D eigenvalue weighted by atomic mass is 9.42. The molecule has 1 aliphatic heterocycles. The van der Waals surface area contributed by atoms with Gasteiger partial charge in [-0.05, 0) is 51.9 Å². The molecule has 3 fully saturated rings. The number of Topliss-reactive ketones (excluding diaryl/α,β-unsaturated/α-hetero) is 1. The zero-order valence-electron chi connectivity index (χ0n) is 16.1. The quantitative estimate of drug-likeness (QED) is 0.775. The van der Waals surface area contributed by atoms with Crippen LogP contribution in [0.2, 0.25) is 0 Å². The third-order valence-corrected chi connectivity index (χ3v) is 8.16. The number of hydrogen-bond acceptors (Lipinski definition) is 4. The number of carbonyl (C=O) groups excluding carboxylic acids is 1. The summed E-state index contributed by atoms with van der Waals surface area (Å²) >= 11 is 0. The Balaban J connectivity index is 1.96. The number of rotatable bonds is 3. The SMILES string of the molecule is C[C@@H]1O[C@@]1(C)C(=O)C[C@H]1[C@](C)(O)CC[C@@]2(O)C(C)(C)CCC[C@]12C. The second-order valence-electron chi connectivity index (χ2n) is 9.92. The molecule has 0 unspecified atom stereocenters. The summed E-state index contributed by atoms with van der Waals surface area (Å²) in [4.78, 5) is 12.9. The van der Waals surface area contributed by atoms with Crippen LogP contribution in [0.3, 0.4) is 0 Å². The Morgan fingerprint density at radius 2 is 1.62 bits per heavy atom. The fourth-order valence-electron chi connectivity index (χ4n) is 5.92. The van der Waals surface area contributed by atoms with Gasteiger partial charge in [-0.25, -0.2) is 0 Å². The van der Waals surface area contributed by atoms with Gasteiger partial charge in [0.1, 0.15) is 5.60 Å². The highest BCUT2D eigenvalue weighted by atomic mass is 16.6. The molecular formula is C20H34O4. The molecule has 4 heteroatoms. The first-order valence-corrected chi connectivity index (χ1v) is 9.46. The van der Waals surface area contributed by atoms with E-state index < -0.39 is 22.2 Å². The number of ether oxygens (including phenoxy) is 1. The molecule has 138 valence electrons. The molecule has 0 spiro atoms. The first kappa shape index (κ1) is 18.3. The maximum Gasteiger partial charge on any atom is 0.167 e. The largest absolute Gasteiger partial charge is 0.390 e. The fraction of sp³-hybridized carbons (Fsp3) is 0.950. The van der Waals surface area contributed by atoms with E-state index in [1.165, 1.54) is 0 Å². The maximum absolute atomic E-state index is 12.9. The van der Waals surface area contributed by atoms with Crippen LogP contribution in [0.5, 0.6) is 0 Å². The van der Waals surface area contributed by atoms with Gasteiger partial charge in [-0.2, -0.15) is 0 Å². The van der Waals surface area contributed by atoms with Crippen LogP contribution in [0.25, 0.3) is 0 Å². The summed E-state index contributed by atoms with van der Waals surface area (Å²) in [5.74, 6) is -0.182. The van der Waals surface area contributed by atoms with Crippen molar-refractivity contribution in [3.05, 3.63) is 0 Å². The predicted octanol–water partition coefficient (Wildman–Crippen LogP) is 3.23. The number of carbonyl (C=O) groups is 1. The van der Waals surface area contributed by atoms with Crippen molar-refractivity contribution in [3.63, 3.8) is 0 Å². The van der Waals surface area contributed by atoms with E-state index in [2.05, 4.69) is 20.8 Å². The summed E-state index contributed by atoms with van der Waals surface area (Å²) in [7, 11) is 0. The molecule has 3 rings (SSSR count). The Kier molecular flexibility index (Phi) is 3.86. The average Bonchev–Trinajstić information content (AvgIpc) is 3.07. The Morgan fingerprint density at radius 3 is 2.17 bits per heavy atom.